The molecule has 0 saturated heterocycles. The van der Waals surface area contributed by atoms with E-state index in [0.717, 1.165) is 11.4 Å². The van der Waals surface area contributed by atoms with Crippen molar-refractivity contribution in [1.29, 1.82) is 0 Å². The summed E-state index contributed by atoms with van der Waals surface area (Å²) in [6, 6.07) is 28.2. The first kappa shape index (κ1) is 17.5. The number of quaternary nitrogens is 1. The van der Waals surface area contributed by atoms with Crippen molar-refractivity contribution in [2.75, 3.05) is 5.32 Å². The number of anilines is 1. The number of benzene rings is 3. The highest BCUT2D eigenvalue weighted by Crippen LogP contribution is 2.32. The maximum atomic E-state index is 13.4. The van der Waals surface area contributed by atoms with Crippen LogP contribution in [-0.2, 0) is 0 Å². The van der Waals surface area contributed by atoms with Gasteiger partial charge in [0.05, 0.1) is 11.4 Å². The molecule has 1 atom stereocenters. The largest absolute Gasteiger partial charge is 0.356 e. The SMILES string of the molecule is O=C(C(=CNc1ccccc1)[N+]1(c2ccccc2)C=NN=N1)c1ccccc1. The smallest absolute Gasteiger partial charge is 0.251 e. The van der Waals surface area contributed by atoms with Crippen molar-refractivity contribution in [1.82, 2.24) is 4.59 Å². The molecule has 3 aromatic carbocycles. The summed E-state index contributed by atoms with van der Waals surface area (Å²) in [4.78, 5) is 13.4. The van der Waals surface area contributed by atoms with Crippen molar-refractivity contribution < 1.29 is 4.79 Å². The zero-order valence-corrected chi connectivity index (χ0v) is 15.0. The van der Waals surface area contributed by atoms with Crippen LogP contribution < -0.4 is 9.91 Å². The van der Waals surface area contributed by atoms with E-state index in [9.17, 15) is 4.79 Å². The number of nitrogens with zero attached hydrogens (tertiary/aromatic N) is 4. The predicted octanol–water partition coefficient (Wildman–Crippen LogP) is 5.15. The van der Waals surface area contributed by atoms with Crippen LogP contribution in [-0.4, -0.2) is 12.1 Å². The second-order valence-electron chi connectivity index (χ2n) is 6.17. The molecule has 1 unspecified atom stereocenters. The Morgan fingerprint density at radius 1 is 0.821 bits per heavy atom. The molecule has 0 saturated carbocycles. The van der Waals surface area contributed by atoms with Gasteiger partial charge in [-0.1, -0.05) is 76.4 Å². The minimum Gasteiger partial charge on any atom is -0.356 e. The van der Waals surface area contributed by atoms with Gasteiger partial charge in [-0.15, -0.1) is 0 Å². The molecule has 0 bridgehead atoms. The second kappa shape index (κ2) is 7.77. The lowest BCUT2D eigenvalue weighted by Gasteiger charge is -2.23. The molecule has 4 rings (SSSR count). The van der Waals surface area contributed by atoms with Gasteiger partial charge in [0, 0.05) is 28.6 Å². The molecule has 0 radical (unpaired) electrons. The fraction of sp³-hybridized carbons (Fsp3) is 0. The van der Waals surface area contributed by atoms with E-state index in [-0.39, 0.29) is 10.4 Å². The van der Waals surface area contributed by atoms with Crippen LogP contribution in [0.4, 0.5) is 11.4 Å². The highest BCUT2D eigenvalue weighted by Gasteiger charge is 2.43. The Bertz CT molecular complexity index is 1030. The molecule has 0 fully saturated rings. The van der Waals surface area contributed by atoms with Gasteiger partial charge >= 0.3 is 0 Å². The van der Waals surface area contributed by atoms with Gasteiger partial charge in [0.15, 0.2) is 5.69 Å². The zero-order chi connectivity index (χ0) is 19.2. The van der Waals surface area contributed by atoms with Crippen LogP contribution >= 0.6 is 0 Å². The van der Waals surface area contributed by atoms with Crippen LogP contribution in [0.2, 0.25) is 0 Å². The van der Waals surface area contributed by atoms with Gasteiger partial charge in [0.2, 0.25) is 5.70 Å². The number of Topliss-reactive ketones (excluding diaryl/α,β-unsaturated/α-hetero) is 1. The minimum absolute atomic E-state index is 0.166. The van der Waals surface area contributed by atoms with Gasteiger partial charge in [0.1, 0.15) is 0 Å². The van der Waals surface area contributed by atoms with Crippen molar-refractivity contribution in [2.24, 2.45) is 15.5 Å². The highest BCUT2D eigenvalue weighted by molar-refractivity contribution is 6.12. The Hall–Kier alpha value is -3.90. The third kappa shape index (κ3) is 3.36. The summed E-state index contributed by atoms with van der Waals surface area (Å²) < 4.78 is -0.242. The molecule has 1 aliphatic rings. The minimum atomic E-state index is -0.242. The number of nitrogens with one attached hydrogen (secondary N) is 1. The van der Waals surface area contributed by atoms with Crippen LogP contribution in [0.15, 0.2) is 118 Å². The molecule has 6 nitrogen and oxygen atoms in total. The number of carbonyl (C=O) groups is 1. The summed E-state index contributed by atoms with van der Waals surface area (Å²) in [5.74, 6) is -0.166. The molecule has 0 aromatic heterocycles. The lowest BCUT2D eigenvalue weighted by molar-refractivity contribution is 0.101. The molecule has 1 heterocycles. The van der Waals surface area contributed by atoms with Crippen LogP contribution in [0, 0.1) is 0 Å². The molecular weight excluding hydrogens is 350 g/mol. The molecule has 0 aliphatic carbocycles. The molecule has 3 aromatic rings. The monoisotopic (exact) mass is 368 g/mol. The average molecular weight is 368 g/mol. The summed E-state index contributed by atoms with van der Waals surface area (Å²) in [5, 5.41) is 15.3. The van der Waals surface area contributed by atoms with Gasteiger partial charge in [-0.05, 0) is 12.1 Å². The molecule has 136 valence electrons. The van der Waals surface area contributed by atoms with Crippen molar-refractivity contribution in [3.05, 3.63) is 108 Å². The lowest BCUT2D eigenvalue weighted by Crippen LogP contribution is -2.43. The van der Waals surface area contributed by atoms with Crippen LogP contribution in [0.1, 0.15) is 10.4 Å². The Morgan fingerprint density at radius 2 is 1.43 bits per heavy atom. The summed E-state index contributed by atoms with van der Waals surface area (Å²) >= 11 is 0. The average Bonchev–Trinajstić information content (AvgIpc) is 3.27. The van der Waals surface area contributed by atoms with Crippen molar-refractivity contribution in [3.63, 3.8) is 0 Å². The van der Waals surface area contributed by atoms with Gasteiger partial charge < -0.3 is 5.32 Å². The third-order valence-electron chi connectivity index (χ3n) is 4.39. The molecular formula is C22H18N5O+. The highest BCUT2D eigenvalue weighted by atomic mass is 16.1. The number of hydrogen-bond donors (Lipinski definition) is 1. The van der Waals surface area contributed by atoms with E-state index in [1.807, 2.05) is 78.9 Å². The molecule has 0 spiro atoms. The number of carbonyl (C=O) groups excluding carboxylic acids is 1. The quantitative estimate of drug-likeness (QED) is 0.371. The van der Waals surface area contributed by atoms with E-state index >= 15 is 0 Å². The second-order valence-corrected chi connectivity index (χ2v) is 6.17. The van der Waals surface area contributed by atoms with Crippen LogP contribution in [0.5, 0.6) is 0 Å². The van der Waals surface area contributed by atoms with E-state index in [1.54, 1.807) is 24.7 Å². The Morgan fingerprint density at radius 3 is 2.04 bits per heavy atom. The maximum absolute atomic E-state index is 13.4. The van der Waals surface area contributed by atoms with E-state index in [1.165, 1.54) is 0 Å². The van der Waals surface area contributed by atoms with Crippen molar-refractivity contribution in [2.45, 2.75) is 0 Å². The van der Waals surface area contributed by atoms with Crippen molar-refractivity contribution >= 4 is 23.5 Å². The summed E-state index contributed by atoms with van der Waals surface area (Å²) in [6.07, 6.45) is 3.22. The maximum Gasteiger partial charge on any atom is 0.251 e. The van der Waals surface area contributed by atoms with Gasteiger partial charge in [-0.2, -0.15) is 0 Å². The lowest BCUT2D eigenvalue weighted by atomic mass is 10.1. The van der Waals surface area contributed by atoms with Gasteiger partial charge in [-0.25, -0.2) is 0 Å². The standard InChI is InChI=1S/C22H17N5O/c28-22(18-10-4-1-5-11-18)21(16-23-19-12-6-2-7-13-19)27(17-24-25-26-27)20-14-8-3-9-15-20/h1-17H/p+1. The molecule has 6 heteroatoms. The molecule has 28 heavy (non-hydrogen) atoms. The summed E-state index contributed by atoms with van der Waals surface area (Å²) in [6.45, 7) is 0. The summed E-state index contributed by atoms with van der Waals surface area (Å²) in [5.41, 5.74) is 2.57. The number of hydrogen-bond acceptors (Lipinski definition) is 5. The third-order valence-corrected chi connectivity index (χ3v) is 4.39. The van der Waals surface area contributed by atoms with Crippen LogP contribution in [0.3, 0.4) is 0 Å². The molecule has 1 aliphatic heterocycles. The molecule has 1 N–H and O–H groups in total. The number of rotatable bonds is 6. The van der Waals surface area contributed by atoms with Crippen LogP contribution in [0.25, 0.3) is 0 Å². The van der Waals surface area contributed by atoms with E-state index in [2.05, 4.69) is 20.9 Å². The van der Waals surface area contributed by atoms with Crippen molar-refractivity contribution in [3.8, 4) is 0 Å². The fourth-order valence-electron chi connectivity index (χ4n) is 2.97. The predicted molar refractivity (Wildman–Crippen MR) is 111 cm³/mol. The Kier molecular flexibility index (Phi) is 4.86. The topological polar surface area (TPSA) is 66.2 Å². The van der Waals surface area contributed by atoms with Gasteiger partial charge in [0.25, 0.3) is 12.1 Å². The first-order valence-corrected chi connectivity index (χ1v) is 8.83. The van der Waals surface area contributed by atoms with E-state index in [0.29, 0.717) is 11.3 Å². The number of allylic oxidation sites excluding steroid dienone is 1. The first-order valence-electron chi connectivity index (χ1n) is 8.83. The van der Waals surface area contributed by atoms with E-state index < -0.39 is 0 Å². The fourth-order valence-corrected chi connectivity index (χ4v) is 2.97. The normalized spacial score (nSPS) is 18.2. The van der Waals surface area contributed by atoms with Gasteiger partial charge in [-0.3, -0.25) is 4.79 Å². The zero-order valence-electron chi connectivity index (χ0n) is 15.0. The summed E-state index contributed by atoms with van der Waals surface area (Å²) in [7, 11) is 0. The number of para-hydroxylation sites is 2. The Balaban J connectivity index is 1.83. The Labute approximate surface area is 162 Å². The number of ketones is 1. The molecule has 0 amide bonds. The van der Waals surface area contributed by atoms with E-state index in [4.69, 9.17) is 0 Å². The first-order chi connectivity index (χ1) is 13.8.